The van der Waals surface area contributed by atoms with Gasteiger partial charge in [0.1, 0.15) is 0 Å². The molecule has 1 saturated heterocycles. The Hall–Kier alpha value is -0.900. The van der Waals surface area contributed by atoms with Gasteiger partial charge >= 0.3 is 0 Å². The van der Waals surface area contributed by atoms with Crippen LogP contribution in [0, 0.1) is 6.92 Å². The number of hydrogen-bond acceptors (Lipinski definition) is 3. The number of nitrogens with zero attached hydrogens (tertiary/aromatic N) is 1. The Morgan fingerprint density at radius 1 is 1.21 bits per heavy atom. The molecule has 106 valence electrons. The number of aryl methyl sites for hydroxylation is 1. The zero-order valence-electron chi connectivity index (χ0n) is 12.2. The second-order valence-corrected chi connectivity index (χ2v) is 5.77. The Morgan fingerprint density at radius 3 is 2.42 bits per heavy atom. The first-order valence-corrected chi connectivity index (χ1v) is 7.32. The first kappa shape index (κ1) is 14.5. The topological polar surface area (TPSA) is 35.5 Å². The van der Waals surface area contributed by atoms with E-state index >= 15 is 0 Å². The van der Waals surface area contributed by atoms with E-state index in [1.54, 1.807) is 0 Å². The monoisotopic (exact) mass is 262 g/mol. The molecule has 1 aliphatic rings. The molecule has 0 atom stereocenters. The third-order valence-electron chi connectivity index (χ3n) is 4.02. The molecule has 1 aliphatic heterocycles. The molecule has 19 heavy (non-hydrogen) atoms. The van der Waals surface area contributed by atoms with Crippen molar-refractivity contribution in [1.29, 1.82) is 0 Å². The van der Waals surface area contributed by atoms with Gasteiger partial charge in [0.2, 0.25) is 0 Å². The van der Waals surface area contributed by atoms with Gasteiger partial charge in [-0.15, -0.1) is 0 Å². The van der Waals surface area contributed by atoms with Crippen molar-refractivity contribution in [1.82, 2.24) is 10.2 Å². The number of piperidine rings is 1. The molecule has 0 aliphatic carbocycles. The Labute approximate surface area is 116 Å². The molecule has 0 spiro atoms. The molecule has 0 bridgehead atoms. The van der Waals surface area contributed by atoms with Crippen molar-refractivity contribution < 1.29 is 5.11 Å². The third-order valence-corrected chi connectivity index (χ3v) is 4.02. The van der Waals surface area contributed by atoms with E-state index in [4.69, 9.17) is 0 Å². The lowest BCUT2D eigenvalue weighted by atomic mass is 9.91. The second kappa shape index (κ2) is 6.51. The average molecular weight is 262 g/mol. The molecule has 2 rings (SSSR count). The van der Waals surface area contributed by atoms with Gasteiger partial charge in [0.05, 0.1) is 5.60 Å². The van der Waals surface area contributed by atoms with Crippen molar-refractivity contribution in [2.75, 3.05) is 26.2 Å². The van der Waals surface area contributed by atoms with E-state index in [0.717, 1.165) is 45.6 Å². The van der Waals surface area contributed by atoms with Gasteiger partial charge in [-0.05, 0) is 31.9 Å². The molecule has 0 radical (unpaired) electrons. The van der Waals surface area contributed by atoms with Crippen LogP contribution >= 0.6 is 0 Å². The maximum atomic E-state index is 10.4. The minimum atomic E-state index is -0.500. The minimum absolute atomic E-state index is 0.500. The highest BCUT2D eigenvalue weighted by atomic mass is 16.3. The first-order chi connectivity index (χ1) is 9.11. The number of aliphatic hydroxyl groups is 1. The second-order valence-electron chi connectivity index (χ2n) is 5.77. The highest BCUT2D eigenvalue weighted by Gasteiger charge is 2.31. The lowest BCUT2D eigenvalue weighted by Gasteiger charge is -2.38. The summed E-state index contributed by atoms with van der Waals surface area (Å²) >= 11 is 0. The summed E-state index contributed by atoms with van der Waals surface area (Å²) in [5, 5.41) is 13.7. The van der Waals surface area contributed by atoms with Crippen molar-refractivity contribution in [2.24, 2.45) is 0 Å². The first-order valence-electron chi connectivity index (χ1n) is 7.32. The van der Waals surface area contributed by atoms with Gasteiger partial charge in [-0.25, -0.2) is 0 Å². The summed E-state index contributed by atoms with van der Waals surface area (Å²) in [6.45, 7) is 8.81. The van der Waals surface area contributed by atoms with Gasteiger partial charge in [-0.1, -0.05) is 36.8 Å². The number of rotatable bonds is 5. The number of nitrogens with one attached hydrogen (secondary N) is 1. The molecular formula is C16H26N2O. The standard InChI is InChI=1S/C16H26N2O/c1-3-17-13-16(19)8-10-18(11-9-16)12-15-6-4-14(2)5-7-15/h4-7,17,19H,3,8-13H2,1-2H3. The van der Waals surface area contributed by atoms with Crippen molar-refractivity contribution in [3.63, 3.8) is 0 Å². The van der Waals surface area contributed by atoms with Crippen LogP contribution in [0.25, 0.3) is 0 Å². The minimum Gasteiger partial charge on any atom is -0.388 e. The van der Waals surface area contributed by atoms with Crippen LogP contribution in [-0.4, -0.2) is 41.8 Å². The molecular weight excluding hydrogens is 236 g/mol. The van der Waals surface area contributed by atoms with Crippen LogP contribution in [0.3, 0.4) is 0 Å². The summed E-state index contributed by atoms with van der Waals surface area (Å²) in [5.41, 5.74) is 2.17. The zero-order valence-corrected chi connectivity index (χ0v) is 12.2. The summed E-state index contributed by atoms with van der Waals surface area (Å²) in [6, 6.07) is 8.74. The summed E-state index contributed by atoms with van der Waals surface area (Å²) in [5.74, 6) is 0. The van der Waals surface area contributed by atoms with Crippen LogP contribution in [0.2, 0.25) is 0 Å². The fraction of sp³-hybridized carbons (Fsp3) is 0.625. The Balaban J connectivity index is 1.81. The largest absolute Gasteiger partial charge is 0.388 e. The quantitative estimate of drug-likeness (QED) is 0.851. The molecule has 3 heteroatoms. The highest BCUT2D eigenvalue weighted by molar-refractivity contribution is 5.21. The van der Waals surface area contributed by atoms with Crippen LogP contribution in [-0.2, 0) is 6.54 Å². The fourth-order valence-corrected chi connectivity index (χ4v) is 2.61. The summed E-state index contributed by atoms with van der Waals surface area (Å²) in [7, 11) is 0. The maximum absolute atomic E-state index is 10.4. The van der Waals surface area contributed by atoms with Gasteiger partial charge in [-0.2, -0.15) is 0 Å². The predicted molar refractivity (Wildman–Crippen MR) is 79.2 cm³/mol. The average Bonchev–Trinajstić information content (AvgIpc) is 2.42. The number of likely N-dealkylation sites (tertiary alicyclic amines) is 1. The molecule has 0 amide bonds. The summed E-state index contributed by atoms with van der Waals surface area (Å²) in [4.78, 5) is 2.44. The lowest BCUT2D eigenvalue weighted by molar-refractivity contribution is -0.0213. The number of likely N-dealkylation sites (N-methyl/N-ethyl adjacent to an activating group) is 1. The maximum Gasteiger partial charge on any atom is 0.0795 e. The van der Waals surface area contributed by atoms with E-state index in [2.05, 4.69) is 48.3 Å². The van der Waals surface area contributed by atoms with Crippen molar-refractivity contribution >= 4 is 0 Å². The highest BCUT2D eigenvalue weighted by Crippen LogP contribution is 2.22. The van der Waals surface area contributed by atoms with E-state index in [9.17, 15) is 5.11 Å². The van der Waals surface area contributed by atoms with Gasteiger partial charge in [0.25, 0.3) is 0 Å². The zero-order chi connectivity index (χ0) is 13.7. The van der Waals surface area contributed by atoms with Gasteiger partial charge in [0, 0.05) is 26.2 Å². The van der Waals surface area contributed by atoms with Gasteiger partial charge in [0.15, 0.2) is 0 Å². The smallest absolute Gasteiger partial charge is 0.0795 e. The molecule has 1 heterocycles. The fourth-order valence-electron chi connectivity index (χ4n) is 2.61. The van der Waals surface area contributed by atoms with Crippen molar-refractivity contribution in [3.8, 4) is 0 Å². The molecule has 1 aromatic rings. The number of benzene rings is 1. The number of hydrogen-bond donors (Lipinski definition) is 2. The molecule has 1 aromatic carbocycles. The van der Waals surface area contributed by atoms with E-state index in [1.165, 1.54) is 11.1 Å². The summed E-state index contributed by atoms with van der Waals surface area (Å²) in [6.07, 6.45) is 1.73. The molecule has 3 nitrogen and oxygen atoms in total. The van der Waals surface area contributed by atoms with Crippen LogP contribution in [0.4, 0.5) is 0 Å². The Morgan fingerprint density at radius 2 is 1.84 bits per heavy atom. The molecule has 2 N–H and O–H groups in total. The Bertz CT molecular complexity index is 380. The molecule has 0 unspecified atom stereocenters. The van der Waals surface area contributed by atoms with E-state index in [1.807, 2.05) is 0 Å². The van der Waals surface area contributed by atoms with Crippen LogP contribution in [0.5, 0.6) is 0 Å². The Kier molecular flexibility index (Phi) is 4.97. The van der Waals surface area contributed by atoms with Crippen LogP contribution < -0.4 is 5.32 Å². The molecule has 0 aromatic heterocycles. The van der Waals surface area contributed by atoms with Crippen LogP contribution in [0.1, 0.15) is 30.9 Å². The van der Waals surface area contributed by atoms with E-state index in [0.29, 0.717) is 0 Å². The third kappa shape index (κ3) is 4.30. The normalized spacial score (nSPS) is 19.5. The van der Waals surface area contributed by atoms with E-state index < -0.39 is 5.60 Å². The van der Waals surface area contributed by atoms with Gasteiger partial charge in [-0.3, -0.25) is 4.90 Å². The van der Waals surface area contributed by atoms with Crippen LogP contribution in [0.15, 0.2) is 24.3 Å². The van der Waals surface area contributed by atoms with Gasteiger partial charge < -0.3 is 10.4 Å². The summed E-state index contributed by atoms with van der Waals surface area (Å²) < 4.78 is 0. The SMILES string of the molecule is CCNCC1(O)CCN(Cc2ccc(C)cc2)CC1. The molecule has 0 saturated carbocycles. The van der Waals surface area contributed by atoms with E-state index in [-0.39, 0.29) is 0 Å². The lowest BCUT2D eigenvalue weighted by Crippen LogP contribution is -2.49. The molecule has 1 fully saturated rings. The predicted octanol–water partition coefficient (Wildman–Crippen LogP) is 1.93. The van der Waals surface area contributed by atoms with Crippen molar-refractivity contribution in [3.05, 3.63) is 35.4 Å². The van der Waals surface area contributed by atoms with Crippen molar-refractivity contribution in [2.45, 2.75) is 38.8 Å².